The Morgan fingerprint density at radius 3 is 3.08 bits per heavy atom. The number of hydrogen-bond donors (Lipinski definition) is 0. The lowest BCUT2D eigenvalue weighted by Gasteiger charge is -2.17. The van der Waals surface area contributed by atoms with Crippen LogP contribution in [0, 0.1) is 0 Å². The molecule has 13 heavy (non-hydrogen) atoms. The molecule has 0 saturated heterocycles. The summed E-state index contributed by atoms with van der Waals surface area (Å²) >= 11 is 0. The van der Waals surface area contributed by atoms with E-state index in [1.165, 1.54) is 6.08 Å². The number of Topliss-reactive ketones (excluding diaryl/α,β-unsaturated/α-hetero) is 1. The largest absolute Gasteiger partial charge is 0.459 e. The van der Waals surface area contributed by atoms with Gasteiger partial charge in [0, 0.05) is 18.9 Å². The summed E-state index contributed by atoms with van der Waals surface area (Å²) < 4.78 is 5.03. The fraction of sp³-hybridized carbons (Fsp3) is 0.600. The van der Waals surface area contributed by atoms with E-state index in [1.54, 1.807) is 6.92 Å². The molecule has 0 radical (unpaired) electrons. The van der Waals surface area contributed by atoms with Crippen molar-refractivity contribution in [1.29, 1.82) is 0 Å². The number of ketones is 1. The van der Waals surface area contributed by atoms with E-state index in [1.807, 2.05) is 6.08 Å². The van der Waals surface area contributed by atoms with E-state index in [0.717, 1.165) is 19.3 Å². The van der Waals surface area contributed by atoms with E-state index >= 15 is 0 Å². The van der Waals surface area contributed by atoms with Crippen LogP contribution in [0.5, 0.6) is 0 Å². The second kappa shape index (κ2) is 4.80. The first-order valence-corrected chi connectivity index (χ1v) is 4.55. The summed E-state index contributed by atoms with van der Waals surface area (Å²) in [5, 5.41) is 0. The van der Waals surface area contributed by atoms with E-state index in [-0.39, 0.29) is 17.9 Å². The lowest BCUT2D eigenvalue weighted by molar-refractivity contribution is -0.144. The van der Waals surface area contributed by atoms with Crippen LogP contribution >= 0.6 is 0 Å². The van der Waals surface area contributed by atoms with E-state index < -0.39 is 0 Å². The van der Waals surface area contributed by atoms with Crippen LogP contribution in [-0.4, -0.2) is 17.9 Å². The summed E-state index contributed by atoms with van der Waals surface area (Å²) in [7, 11) is 0. The van der Waals surface area contributed by atoms with Crippen molar-refractivity contribution in [1.82, 2.24) is 0 Å². The molecule has 1 atom stereocenters. The maximum atomic E-state index is 10.8. The van der Waals surface area contributed by atoms with Crippen molar-refractivity contribution in [3.63, 3.8) is 0 Å². The summed E-state index contributed by atoms with van der Waals surface area (Å²) in [6.45, 7) is 1.58. The summed E-state index contributed by atoms with van der Waals surface area (Å²) in [5.41, 5.74) is 0. The molecule has 1 rings (SSSR count). The highest BCUT2D eigenvalue weighted by Crippen LogP contribution is 2.13. The highest BCUT2D eigenvalue weighted by atomic mass is 16.5. The zero-order valence-electron chi connectivity index (χ0n) is 7.79. The van der Waals surface area contributed by atoms with Gasteiger partial charge in [-0.15, -0.1) is 0 Å². The van der Waals surface area contributed by atoms with Crippen LogP contribution in [0.1, 0.15) is 32.6 Å². The Hall–Kier alpha value is -1.12. The van der Waals surface area contributed by atoms with Gasteiger partial charge >= 0.3 is 5.97 Å². The van der Waals surface area contributed by atoms with Crippen LogP contribution < -0.4 is 0 Å². The fourth-order valence-corrected chi connectivity index (χ4v) is 1.32. The molecular weight excluding hydrogens is 168 g/mol. The lowest BCUT2D eigenvalue weighted by atomic mass is 10.1. The number of carbonyl (C=O) groups excluding carboxylic acids is 2. The first-order valence-electron chi connectivity index (χ1n) is 4.55. The van der Waals surface area contributed by atoms with E-state index in [2.05, 4.69) is 0 Å². The molecular formula is C10H14O3. The summed E-state index contributed by atoms with van der Waals surface area (Å²) in [4.78, 5) is 21.4. The van der Waals surface area contributed by atoms with Gasteiger partial charge in [0.15, 0.2) is 0 Å². The maximum Gasteiger partial charge on any atom is 0.330 e. The number of ether oxygens (including phenoxy) is 1. The number of carbonyl (C=O) groups is 2. The number of cyclic esters (lactones) is 1. The zero-order valence-corrected chi connectivity index (χ0v) is 7.79. The number of esters is 1. The van der Waals surface area contributed by atoms with Crippen molar-refractivity contribution in [2.75, 3.05) is 0 Å². The molecule has 0 spiro atoms. The molecule has 0 aromatic carbocycles. The van der Waals surface area contributed by atoms with Crippen molar-refractivity contribution in [3.8, 4) is 0 Å². The smallest absolute Gasteiger partial charge is 0.330 e. The van der Waals surface area contributed by atoms with Crippen molar-refractivity contribution in [2.24, 2.45) is 0 Å². The van der Waals surface area contributed by atoms with Gasteiger partial charge in [-0.2, -0.15) is 0 Å². The molecule has 0 bridgehead atoms. The van der Waals surface area contributed by atoms with E-state index in [4.69, 9.17) is 4.74 Å². The molecule has 3 heteroatoms. The van der Waals surface area contributed by atoms with Gasteiger partial charge in [0.05, 0.1) is 0 Å². The predicted molar refractivity (Wildman–Crippen MR) is 48.2 cm³/mol. The molecule has 0 saturated carbocycles. The maximum absolute atomic E-state index is 10.8. The van der Waals surface area contributed by atoms with Gasteiger partial charge in [0.1, 0.15) is 11.9 Å². The summed E-state index contributed by atoms with van der Waals surface area (Å²) in [5.74, 6) is -0.0725. The van der Waals surface area contributed by atoms with Crippen LogP contribution in [0.3, 0.4) is 0 Å². The van der Waals surface area contributed by atoms with Gasteiger partial charge in [-0.1, -0.05) is 6.08 Å². The van der Waals surface area contributed by atoms with E-state index in [0.29, 0.717) is 6.42 Å². The second-order valence-corrected chi connectivity index (χ2v) is 3.29. The Bertz CT molecular complexity index is 230. The summed E-state index contributed by atoms with van der Waals surface area (Å²) in [6.07, 6.45) is 6.21. The molecule has 0 aromatic rings. The molecule has 0 aromatic heterocycles. The molecule has 1 unspecified atom stereocenters. The number of rotatable bonds is 4. The van der Waals surface area contributed by atoms with Crippen LogP contribution in [0.15, 0.2) is 12.2 Å². The van der Waals surface area contributed by atoms with Crippen molar-refractivity contribution < 1.29 is 14.3 Å². The van der Waals surface area contributed by atoms with Crippen LogP contribution in [0.4, 0.5) is 0 Å². The monoisotopic (exact) mass is 182 g/mol. The van der Waals surface area contributed by atoms with Crippen LogP contribution in [0.2, 0.25) is 0 Å². The van der Waals surface area contributed by atoms with Gasteiger partial charge < -0.3 is 9.53 Å². The minimum Gasteiger partial charge on any atom is -0.459 e. The molecule has 72 valence electrons. The minimum atomic E-state index is -0.265. The van der Waals surface area contributed by atoms with E-state index in [9.17, 15) is 9.59 Å². The third kappa shape index (κ3) is 3.87. The summed E-state index contributed by atoms with van der Waals surface area (Å²) in [6, 6.07) is 0. The molecule has 1 heterocycles. The molecule has 0 amide bonds. The van der Waals surface area contributed by atoms with Crippen LogP contribution in [-0.2, 0) is 14.3 Å². The second-order valence-electron chi connectivity index (χ2n) is 3.29. The highest BCUT2D eigenvalue weighted by molar-refractivity contribution is 5.82. The van der Waals surface area contributed by atoms with Crippen molar-refractivity contribution in [2.45, 2.75) is 38.7 Å². The van der Waals surface area contributed by atoms with Gasteiger partial charge in [0.25, 0.3) is 0 Å². The highest BCUT2D eigenvalue weighted by Gasteiger charge is 2.15. The average molecular weight is 182 g/mol. The van der Waals surface area contributed by atoms with Crippen LogP contribution in [0.25, 0.3) is 0 Å². The quantitative estimate of drug-likeness (QED) is 0.620. The topological polar surface area (TPSA) is 43.4 Å². The molecule has 0 N–H and O–H groups in total. The van der Waals surface area contributed by atoms with Gasteiger partial charge in [0.2, 0.25) is 0 Å². The van der Waals surface area contributed by atoms with Crippen molar-refractivity contribution in [3.05, 3.63) is 12.2 Å². The Labute approximate surface area is 77.8 Å². The fourth-order valence-electron chi connectivity index (χ4n) is 1.32. The SMILES string of the molecule is CC(=O)CCCC1CC=CC(=O)O1. The zero-order chi connectivity index (χ0) is 9.68. The van der Waals surface area contributed by atoms with Gasteiger partial charge in [-0.25, -0.2) is 4.79 Å². The standard InChI is InChI=1S/C10H14O3/c1-8(11)4-2-5-9-6-3-7-10(12)13-9/h3,7,9H,2,4-6H2,1H3. The normalized spacial score (nSPS) is 21.3. The molecule has 3 nitrogen and oxygen atoms in total. The first kappa shape index (κ1) is 9.96. The molecule has 0 aliphatic carbocycles. The Morgan fingerprint density at radius 1 is 1.69 bits per heavy atom. The predicted octanol–water partition coefficient (Wildman–Crippen LogP) is 1.62. The Kier molecular flexibility index (Phi) is 3.68. The lowest BCUT2D eigenvalue weighted by Crippen LogP contribution is -2.19. The number of hydrogen-bond acceptors (Lipinski definition) is 3. The van der Waals surface area contributed by atoms with Gasteiger partial charge in [-0.05, 0) is 19.8 Å². The average Bonchev–Trinajstić information content (AvgIpc) is 2.03. The first-order chi connectivity index (χ1) is 6.18. The Morgan fingerprint density at radius 2 is 2.46 bits per heavy atom. The third-order valence-corrected chi connectivity index (χ3v) is 1.99. The third-order valence-electron chi connectivity index (χ3n) is 1.99. The Balaban J connectivity index is 2.19. The molecule has 1 aliphatic rings. The molecule has 1 aliphatic heterocycles. The van der Waals surface area contributed by atoms with Crippen molar-refractivity contribution >= 4 is 11.8 Å². The van der Waals surface area contributed by atoms with Gasteiger partial charge in [-0.3, -0.25) is 0 Å². The molecule has 0 fully saturated rings. The minimum absolute atomic E-state index is 0.0168.